The lowest BCUT2D eigenvalue weighted by atomic mass is 9.93. The van der Waals surface area contributed by atoms with Crippen molar-refractivity contribution in [3.05, 3.63) is 0 Å². The molecule has 3 nitrogen and oxygen atoms in total. The summed E-state index contributed by atoms with van der Waals surface area (Å²) in [6.45, 7) is 5.15. The molecule has 1 spiro atoms. The van der Waals surface area contributed by atoms with Gasteiger partial charge in [-0.25, -0.2) is 0 Å². The molecule has 1 atom stereocenters. The van der Waals surface area contributed by atoms with Crippen molar-refractivity contribution in [2.45, 2.75) is 38.1 Å². The van der Waals surface area contributed by atoms with E-state index in [1.54, 1.807) is 0 Å². The fourth-order valence-corrected chi connectivity index (χ4v) is 3.89. The van der Waals surface area contributed by atoms with Gasteiger partial charge in [0.05, 0.1) is 5.54 Å². The summed E-state index contributed by atoms with van der Waals surface area (Å²) in [5, 5.41) is 4.83. The van der Waals surface area contributed by atoms with Crippen LogP contribution in [0.2, 0.25) is 0 Å². The highest BCUT2D eigenvalue weighted by molar-refractivity contribution is 8.14. The molecule has 96 valence electrons. The maximum absolute atomic E-state index is 5.44. The van der Waals surface area contributed by atoms with Gasteiger partial charge in [-0.1, -0.05) is 18.7 Å². The van der Waals surface area contributed by atoms with Gasteiger partial charge in [0.2, 0.25) is 0 Å². The molecule has 1 aliphatic carbocycles. The summed E-state index contributed by atoms with van der Waals surface area (Å²) < 4.78 is 5.44. The monoisotopic (exact) mass is 254 g/mol. The Morgan fingerprint density at radius 1 is 1.47 bits per heavy atom. The molecule has 2 saturated heterocycles. The summed E-state index contributed by atoms with van der Waals surface area (Å²) in [4.78, 5) is 4.76. The van der Waals surface area contributed by atoms with E-state index in [1.165, 1.54) is 23.8 Å². The standard InChI is InChI=1S/C13H22N2OS/c1-10(11-2-3-11)8-14-12-15-13(9-17-12)4-6-16-7-5-13/h10-11H,2-9H2,1H3,(H,14,15). The molecule has 2 heterocycles. The number of amidine groups is 1. The number of hydrogen-bond acceptors (Lipinski definition) is 3. The maximum Gasteiger partial charge on any atom is 0.157 e. The fourth-order valence-electron chi connectivity index (χ4n) is 2.66. The Bertz CT molecular complexity index is 309. The van der Waals surface area contributed by atoms with Crippen LogP contribution in [0, 0.1) is 11.8 Å². The van der Waals surface area contributed by atoms with E-state index in [9.17, 15) is 0 Å². The first-order chi connectivity index (χ1) is 8.27. The van der Waals surface area contributed by atoms with Gasteiger partial charge in [0.1, 0.15) is 0 Å². The summed E-state index contributed by atoms with van der Waals surface area (Å²) in [7, 11) is 0. The average Bonchev–Trinajstić information content (AvgIpc) is 3.13. The smallest absolute Gasteiger partial charge is 0.157 e. The number of rotatable bonds is 3. The van der Waals surface area contributed by atoms with Gasteiger partial charge >= 0.3 is 0 Å². The first kappa shape index (κ1) is 11.8. The molecular formula is C13H22N2OS. The van der Waals surface area contributed by atoms with Crippen LogP contribution >= 0.6 is 11.8 Å². The van der Waals surface area contributed by atoms with Gasteiger partial charge in [-0.3, -0.25) is 4.99 Å². The van der Waals surface area contributed by atoms with Crippen molar-refractivity contribution in [1.82, 2.24) is 5.32 Å². The van der Waals surface area contributed by atoms with Gasteiger partial charge in [-0.2, -0.15) is 0 Å². The molecule has 3 rings (SSSR count). The Balaban J connectivity index is 1.53. The molecule has 1 N–H and O–H groups in total. The molecule has 0 aromatic heterocycles. The second kappa shape index (κ2) is 4.81. The first-order valence-corrected chi connectivity index (χ1v) is 7.79. The zero-order valence-electron chi connectivity index (χ0n) is 10.6. The molecule has 0 aromatic rings. The highest BCUT2D eigenvalue weighted by Gasteiger charge is 2.38. The SMILES string of the molecule is CC(CN=C1NC2(CCOCC2)CS1)C1CC1. The van der Waals surface area contributed by atoms with Gasteiger partial charge in [0.25, 0.3) is 0 Å². The minimum Gasteiger partial charge on any atom is -0.381 e. The van der Waals surface area contributed by atoms with Crippen molar-refractivity contribution in [3.63, 3.8) is 0 Å². The number of hydrogen-bond donors (Lipinski definition) is 1. The Morgan fingerprint density at radius 3 is 2.94 bits per heavy atom. The average molecular weight is 254 g/mol. The zero-order valence-corrected chi connectivity index (χ0v) is 11.4. The van der Waals surface area contributed by atoms with Gasteiger partial charge in [-0.15, -0.1) is 0 Å². The van der Waals surface area contributed by atoms with Crippen LogP contribution in [-0.2, 0) is 4.74 Å². The van der Waals surface area contributed by atoms with Crippen LogP contribution in [0.4, 0.5) is 0 Å². The normalized spacial score (nSPS) is 31.7. The minimum absolute atomic E-state index is 0.296. The van der Waals surface area contributed by atoms with E-state index in [-0.39, 0.29) is 0 Å². The molecular weight excluding hydrogens is 232 g/mol. The summed E-state index contributed by atoms with van der Waals surface area (Å²) in [6.07, 6.45) is 5.12. The molecule has 4 heteroatoms. The second-order valence-corrected chi connectivity index (χ2v) is 6.73. The van der Waals surface area contributed by atoms with E-state index >= 15 is 0 Å². The number of thioether (sulfide) groups is 1. The molecule has 3 fully saturated rings. The molecule has 0 bridgehead atoms. The van der Waals surface area contributed by atoms with Crippen LogP contribution < -0.4 is 5.32 Å². The summed E-state index contributed by atoms with van der Waals surface area (Å²) in [5.41, 5.74) is 0.296. The van der Waals surface area contributed by atoms with Gasteiger partial charge in [0, 0.05) is 25.5 Å². The molecule has 1 unspecified atom stereocenters. The maximum atomic E-state index is 5.44. The van der Waals surface area contributed by atoms with Gasteiger partial charge < -0.3 is 10.1 Å². The first-order valence-electron chi connectivity index (χ1n) is 6.81. The van der Waals surface area contributed by atoms with Crippen LogP contribution in [-0.4, -0.2) is 36.2 Å². The van der Waals surface area contributed by atoms with Crippen LogP contribution in [0.1, 0.15) is 32.6 Å². The Morgan fingerprint density at radius 2 is 2.24 bits per heavy atom. The lowest BCUT2D eigenvalue weighted by Crippen LogP contribution is -2.48. The van der Waals surface area contributed by atoms with Crippen LogP contribution in [0.25, 0.3) is 0 Å². The van der Waals surface area contributed by atoms with E-state index in [2.05, 4.69) is 12.2 Å². The summed E-state index contributed by atoms with van der Waals surface area (Å²) in [6, 6.07) is 0. The van der Waals surface area contributed by atoms with E-state index in [1.807, 2.05) is 11.8 Å². The molecule has 0 aromatic carbocycles. The number of ether oxygens (including phenoxy) is 1. The van der Waals surface area contributed by atoms with Crippen molar-refractivity contribution < 1.29 is 4.74 Å². The van der Waals surface area contributed by atoms with E-state index in [4.69, 9.17) is 9.73 Å². The van der Waals surface area contributed by atoms with Crippen molar-refractivity contribution in [1.29, 1.82) is 0 Å². The van der Waals surface area contributed by atoms with Crippen LogP contribution in [0.5, 0.6) is 0 Å². The van der Waals surface area contributed by atoms with E-state index in [0.29, 0.717) is 5.54 Å². The Labute approximate surface area is 108 Å². The van der Waals surface area contributed by atoms with Crippen molar-refractivity contribution in [2.75, 3.05) is 25.5 Å². The predicted molar refractivity (Wildman–Crippen MR) is 72.6 cm³/mol. The summed E-state index contributed by atoms with van der Waals surface area (Å²) in [5.74, 6) is 2.91. The third-order valence-corrected chi connectivity index (χ3v) is 5.46. The fraction of sp³-hybridized carbons (Fsp3) is 0.923. The molecule has 0 amide bonds. The zero-order chi connectivity index (χ0) is 11.7. The molecule has 17 heavy (non-hydrogen) atoms. The second-order valence-electron chi connectivity index (χ2n) is 5.77. The lowest BCUT2D eigenvalue weighted by molar-refractivity contribution is 0.0555. The van der Waals surface area contributed by atoms with Gasteiger partial charge in [0.15, 0.2) is 5.17 Å². The minimum atomic E-state index is 0.296. The highest BCUT2D eigenvalue weighted by Crippen LogP contribution is 2.37. The summed E-state index contributed by atoms with van der Waals surface area (Å²) >= 11 is 1.91. The third-order valence-electron chi connectivity index (χ3n) is 4.26. The number of nitrogens with zero attached hydrogens (tertiary/aromatic N) is 1. The molecule has 3 aliphatic rings. The third kappa shape index (κ3) is 2.79. The molecule has 2 aliphatic heterocycles. The topological polar surface area (TPSA) is 33.6 Å². The lowest BCUT2D eigenvalue weighted by Gasteiger charge is -2.32. The van der Waals surface area contributed by atoms with Crippen LogP contribution in [0.15, 0.2) is 4.99 Å². The van der Waals surface area contributed by atoms with Gasteiger partial charge in [-0.05, 0) is 37.5 Å². The predicted octanol–water partition coefficient (Wildman–Crippen LogP) is 2.27. The highest BCUT2D eigenvalue weighted by atomic mass is 32.2. The number of nitrogens with one attached hydrogen (secondary N) is 1. The van der Waals surface area contributed by atoms with Crippen molar-refractivity contribution >= 4 is 16.9 Å². The molecule has 1 saturated carbocycles. The molecule has 0 radical (unpaired) electrons. The van der Waals surface area contributed by atoms with E-state index < -0.39 is 0 Å². The number of aliphatic imine (C=N–C) groups is 1. The quantitative estimate of drug-likeness (QED) is 0.839. The van der Waals surface area contributed by atoms with Crippen LogP contribution in [0.3, 0.4) is 0 Å². The van der Waals surface area contributed by atoms with Crippen molar-refractivity contribution in [2.24, 2.45) is 16.8 Å². The van der Waals surface area contributed by atoms with E-state index in [0.717, 1.165) is 44.4 Å². The largest absolute Gasteiger partial charge is 0.381 e. The Hall–Kier alpha value is -0.220. The Kier molecular flexibility index (Phi) is 3.35. The van der Waals surface area contributed by atoms with Crippen molar-refractivity contribution in [3.8, 4) is 0 Å².